The first-order chi connectivity index (χ1) is 20.9. The molecule has 43 heavy (non-hydrogen) atoms. The van der Waals surface area contributed by atoms with E-state index in [1.807, 2.05) is 24.3 Å². The molecule has 226 valence electrons. The van der Waals surface area contributed by atoms with E-state index < -0.39 is 17.8 Å². The van der Waals surface area contributed by atoms with Crippen molar-refractivity contribution in [3.63, 3.8) is 0 Å². The minimum Gasteiger partial charge on any atom is -0.382 e. The number of rotatable bonds is 7. The molecule has 6 heteroatoms. The van der Waals surface area contributed by atoms with Crippen molar-refractivity contribution in [1.29, 1.82) is 0 Å². The Balaban J connectivity index is 1.29. The molecule has 4 atom stereocenters. The van der Waals surface area contributed by atoms with Crippen LogP contribution >= 0.6 is 0 Å². The fourth-order valence-corrected chi connectivity index (χ4v) is 7.65. The zero-order valence-corrected chi connectivity index (χ0v) is 25.5. The fraction of sp³-hybridized carbons (Fsp3) is 0.459. The van der Waals surface area contributed by atoms with Crippen LogP contribution in [0.1, 0.15) is 104 Å². The van der Waals surface area contributed by atoms with Gasteiger partial charge in [0.25, 0.3) is 5.91 Å². The number of aryl methyl sites for hydroxylation is 1. The minimum atomic E-state index is -0.524. The second kappa shape index (κ2) is 12.9. The van der Waals surface area contributed by atoms with Crippen LogP contribution in [0.25, 0.3) is 0 Å². The summed E-state index contributed by atoms with van der Waals surface area (Å²) in [5.74, 6) is -0.185. The highest BCUT2D eigenvalue weighted by Crippen LogP contribution is 2.41. The van der Waals surface area contributed by atoms with Crippen molar-refractivity contribution >= 4 is 23.2 Å². The molecular weight excluding hydrogens is 537 g/mol. The quantitative estimate of drug-likeness (QED) is 0.294. The van der Waals surface area contributed by atoms with Gasteiger partial charge in [-0.25, -0.2) is 4.39 Å². The summed E-state index contributed by atoms with van der Waals surface area (Å²) in [4.78, 5) is 29.8. The molecule has 3 fully saturated rings. The fourth-order valence-electron chi connectivity index (χ4n) is 7.65. The molecule has 3 aromatic carbocycles. The highest BCUT2D eigenvalue weighted by molar-refractivity contribution is 5.98. The smallest absolute Gasteiger partial charge is 0.257 e. The Hall–Kier alpha value is -3.67. The van der Waals surface area contributed by atoms with Crippen molar-refractivity contribution in [3.05, 3.63) is 94.8 Å². The Morgan fingerprint density at radius 1 is 0.837 bits per heavy atom. The minimum absolute atomic E-state index is 0.0894. The first kappa shape index (κ1) is 29.4. The van der Waals surface area contributed by atoms with E-state index in [-0.39, 0.29) is 17.4 Å². The van der Waals surface area contributed by atoms with E-state index in [0.29, 0.717) is 36.9 Å². The van der Waals surface area contributed by atoms with Gasteiger partial charge in [-0.05, 0) is 104 Å². The third-order valence-electron chi connectivity index (χ3n) is 9.96. The second-order valence-corrected chi connectivity index (χ2v) is 13.1. The van der Waals surface area contributed by atoms with Gasteiger partial charge in [-0.3, -0.25) is 9.59 Å². The largest absolute Gasteiger partial charge is 0.382 e. The van der Waals surface area contributed by atoms with Crippen molar-refractivity contribution in [2.24, 2.45) is 11.8 Å². The molecule has 1 heterocycles. The molecule has 2 aliphatic carbocycles. The van der Waals surface area contributed by atoms with Crippen molar-refractivity contribution in [2.45, 2.75) is 89.6 Å². The Kier molecular flexibility index (Phi) is 8.83. The molecule has 5 nitrogen and oxygen atoms in total. The lowest BCUT2D eigenvalue weighted by Gasteiger charge is -2.41. The number of nitrogens with one attached hydrogen (secondary N) is 2. The summed E-state index contributed by atoms with van der Waals surface area (Å²) >= 11 is 0. The van der Waals surface area contributed by atoms with E-state index >= 15 is 4.39 Å². The molecule has 0 bridgehead atoms. The standard InChI is InChI=1S/C37H44FN3O2/c1-24-15-16-28(22-24)27-9-6-12-31(23-27)40-36(42)32-13-7-21-41(37(43)34-25(2)8-5-14-33(34)38)35(32)26-17-19-30(20-18-26)39-29-10-3-4-11-29/h5-6,8-9,12,14,17-20,23-24,28-29,32,35,39H,3-4,7,10-11,13,15-16,21-22H2,1-2H3,(H,40,42)/t24-,28?,32-,35-/m0/s1. The number of halogens is 1. The molecule has 0 aromatic heterocycles. The topological polar surface area (TPSA) is 61.4 Å². The van der Waals surface area contributed by atoms with Gasteiger partial charge >= 0.3 is 0 Å². The van der Waals surface area contributed by atoms with Crippen LogP contribution in [-0.2, 0) is 4.79 Å². The van der Waals surface area contributed by atoms with Gasteiger partial charge in [-0.15, -0.1) is 0 Å². The highest BCUT2D eigenvalue weighted by Gasteiger charge is 2.40. The Morgan fingerprint density at radius 2 is 1.60 bits per heavy atom. The Bertz CT molecular complexity index is 1430. The van der Waals surface area contributed by atoms with E-state index in [1.165, 1.54) is 56.6 Å². The van der Waals surface area contributed by atoms with Gasteiger partial charge in [-0.1, -0.05) is 62.6 Å². The van der Waals surface area contributed by atoms with Gasteiger partial charge in [-0.2, -0.15) is 0 Å². The highest BCUT2D eigenvalue weighted by atomic mass is 19.1. The Labute approximate surface area is 255 Å². The van der Waals surface area contributed by atoms with Crippen LogP contribution in [0.2, 0.25) is 0 Å². The maximum Gasteiger partial charge on any atom is 0.257 e. The third kappa shape index (κ3) is 6.48. The zero-order valence-electron chi connectivity index (χ0n) is 25.5. The van der Waals surface area contributed by atoms with Gasteiger partial charge < -0.3 is 15.5 Å². The van der Waals surface area contributed by atoms with Crippen LogP contribution < -0.4 is 10.6 Å². The predicted molar refractivity (Wildman–Crippen MR) is 171 cm³/mol. The number of hydrogen-bond donors (Lipinski definition) is 2. The van der Waals surface area contributed by atoms with Gasteiger partial charge in [0.05, 0.1) is 17.5 Å². The Morgan fingerprint density at radius 3 is 2.33 bits per heavy atom. The van der Waals surface area contributed by atoms with Crippen LogP contribution in [0.15, 0.2) is 66.7 Å². The van der Waals surface area contributed by atoms with E-state index in [1.54, 1.807) is 24.0 Å². The van der Waals surface area contributed by atoms with Crippen molar-refractivity contribution < 1.29 is 14.0 Å². The number of benzene rings is 3. The molecular formula is C37H44FN3O2. The maximum absolute atomic E-state index is 15.0. The van der Waals surface area contributed by atoms with Gasteiger partial charge in [0.15, 0.2) is 0 Å². The SMILES string of the molecule is Cc1cccc(F)c1C(=O)N1CCC[C@H](C(=O)Nc2cccc(C3CC[C@H](C)C3)c2)[C@@H]1c1ccc(NC2CCCC2)cc1. The van der Waals surface area contributed by atoms with E-state index in [4.69, 9.17) is 0 Å². The second-order valence-electron chi connectivity index (χ2n) is 13.1. The molecule has 1 aliphatic heterocycles. The van der Waals surface area contributed by atoms with Crippen LogP contribution in [0, 0.1) is 24.6 Å². The maximum atomic E-state index is 15.0. The first-order valence-electron chi connectivity index (χ1n) is 16.2. The van der Waals surface area contributed by atoms with Crippen LogP contribution in [0.4, 0.5) is 15.8 Å². The van der Waals surface area contributed by atoms with Crippen molar-refractivity contribution in [2.75, 3.05) is 17.2 Å². The lowest BCUT2D eigenvalue weighted by atomic mass is 9.83. The summed E-state index contributed by atoms with van der Waals surface area (Å²) in [6.07, 6.45) is 9.80. The third-order valence-corrected chi connectivity index (χ3v) is 9.96. The number of hydrogen-bond acceptors (Lipinski definition) is 3. The summed E-state index contributed by atoms with van der Waals surface area (Å²) < 4.78 is 15.0. The average Bonchev–Trinajstić information content (AvgIpc) is 3.69. The number of carbonyl (C=O) groups is 2. The summed E-state index contributed by atoms with van der Waals surface area (Å²) in [5, 5.41) is 6.84. The number of anilines is 2. The molecule has 6 rings (SSSR count). The summed E-state index contributed by atoms with van der Waals surface area (Å²) in [7, 11) is 0. The zero-order chi connectivity index (χ0) is 29.9. The molecule has 2 N–H and O–H groups in total. The van der Waals surface area contributed by atoms with E-state index in [9.17, 15) is 9.59 Å². The first-order valence-corrected chi connectivity index (χ1v) is 16.2. The molecule has 1 saturated heterocycles. The molecule has 0 radical (unpaired) electrons. The number of carbonyl (C=O) groups excluding carboxylic acids is 2. The summed E-state index contributed by atoms with van der Waals surface area (Å²) in [6, 6.07) is 21.2. The number of piperidine rings is 1. The molecule has 0 spiro atoms. The van der Waals surface area contributed by atoms with Gasteiger partial charge in [0, 0.05) is 24.0 Å². The van der Waals surface area contributed by atoms with Crippen molar-refractivity contribution in [3.8, 4) is 0 Å². The summed E-state index contributed by atoms with van der Waals surface area (Å²) in [5.41, 5.74) is 4.71. The lowest BCUT2D eigenvalue weighted by molar-refractivity contribution is -0.123. The molecule has 2 saturated carbocycles. The number of likely N-dealkylation sites (tertiary alicyclic amines) is 1. The average molecular weight is 582 g/mol. The number of amides is 2. The molecule has 2 amide bonds. The van der Waals surface area contributed by atoms with Gasteiger partial charge in [0.2, 0.25) is 5.91 Å². The van der Waals surface area contributed by atoms with Crippen LogP contribution in [0.3, 0.4) is 0 Å². The lowest BCUT2D eigenvalue weighted by Crippen LogP contribution is -2.46. The predicted octanol–water partition coefficient (Wildman–Crippen LogP) is 8.62. The van der Waals surface area contributed by atoms with Gasteiger partial charge in [0.1, 0.15) is 5.82 Å². The van der Waals surface area contributed by atoms with E-state index in [0.717, 1.165) is 22.9 Å². The number of nitrogens with zero attached hydrogens (tertiary/aromatic N) is 1. The molecule has 1 unspecified atom stereocenters. The molecule has 3 aromatic rings. The monoisotopic (exact) mass is 581 g/mol. The van der Waals surface area contributed by atoms with E-state index in [2.05, 4.69) is 41.8 Å². The van der Waals surface area contributed by atoms with Crippen LogP contribution in [-0.4, -0.2) is 29.3 Å². The van der Waals surface area contributed by atoms with Crippen molar-refractivity contribution in [1.82, 2.24) is 4.90 Å². The summed E-state index contributed by atoms with van der Waals surface area (Å²) in [6.45, 7) is 4.54. The normalized spacial score (nSPS) is 24.2. The molecule has 3 aliphatic rings. The van der Waals surface area contributed by atoms with Crippen LogP contribution in [0.5, 0.6) is 0 Å².